The van der Waals surface area contributed by atoms with E-state index >= 15 is 0 Å². The van der Waals surface area contributed by atoms with Gasteiger partial charge in [-0.1, -0.05) is 43.2 Å². The molecule has 0 saturated heterocycles. The number of β-amino-alcohol motifs (C(OH)–C–C–N with tert-alkyl or cyclic N) is 1. The fraction of sp³-hybridized carbons (Fsp3) is 0.500. The van der Waals surface area contributed by atoms with Gasteiger partial charge in [0.15, 0.2) is 0 Å². The predicted molar refractivity (Wildman–Crippen MR) is 116 cm³/mol. The highest BCUT2D eigenvalue weighted by Gasteiger charge is 2.19. The van der Waals surface area contributed by atoms with E-state index in [0.29, 0.717) is 12.1 Å². The Balaban J connectivity index is 1.55. The molecule has 0 aliphatic carbocycles. The van der Waals surface area contributed by atoms with E-state index in [-0.39, 0.29) is 17.0 Å². The minimum atomic E-state index is -0.787. The second kappa shape index (κ2) is 11.8. The van der Waals surface area contributed by atoms with Crippen molar-refractivity contribution >= 4 is 0 Å². The van der Waals surface area contributed by atoms with Crippen LogP contribution in [0.3, 0.4) is 0 Å². The summed E-state index contributed by atoms with van der Waals surface area (Å²) in [5, 5.41) is 32.8. The molecule has 5 heteroatoms. The number of aliphatic hydroxyl groups excluding tert-OH is 1. The van der Waals surface area contributed by atoms with Crippen molar-refractivity contribution in [1.29, 1.82) is 0 Å². The van der Waals surface area contributed by atoms with Crippen molar-refractivity contribution in [2.45, 2.75) is 57.6 Å². The first-order valence-electron chi connectivity index (χ1n) is 10.4. The minimum absolute atomic E-state index is 0.0516. The topological polar surface area (TPSA) is 82.0 Å². The van der Waals surface area contributed by atoms with Crippen molar-refractivity contribution in [3.05, 3.63) is 59.7 Å². The van der Waals surface area contributed by atoms with Crippen molar-refractivity contribution < 1.29 is 20.1 Å². The number of hydrogen-bond donors (Lipinski definition) is 4. The highest BCUT2D eigenvalue weighted by molar-refractivity contribution is 5.37. The molecular weight excluding hydrogens is 366 g/mol. The number of phenolic OH excluding ortho intramolecular Hbond substituents is 2. The minimum Gasteiger partial charge on any atom is -0.508 e. The van der Waals surface area contributed by atoms with E-state index in [1.165, 1.54) is 23.8 Å². The fourth-order valence-corrected chi connectivity index (χ4v) is 3.27. The Kier molecular flexibility index (Phi) is 9.45. The standard InChI is InChI=1S/C24H35NO4/c1-24(2,25-18-23(28)20-15-21(26)17-22(27)16-20)12-7-4-8-13-29-14-11-19-9-5-3-6-10-19/h3,5-6,9-10,15-17,23,25-28H,4,7-8,11-14,18H2,1-2H3. The van der Waals surface area contributed by atoms with Crippen molar-refractivity contribution in [1.82, 2.24) is 5.32 Å². The molecule has 0 heterocycles. The summed E-state index contributed by atoms with van der Waals surface area (Å²) in [6.45, 7) is 6.16. The van der Waals surface area contributed by atoms with Crippen LogP contribution >= 0.6 is 0 Å². The van der Waals surface area contributed by atoms with Gasteiger partial charge in [0.05, 0.1) is 12.7 Å². The van der Waals surface area contributed by atoms with Crippen LogP contribution in [-0.4, -0.2) is 40.6 Å². The van der Waals surface area contributed by atoms with Gasteiger partial charge in [-0.25, -0.2) is 0 Å². The van der Waals surface area contributed by atoms with Gasteiger partial charge in [0.25, 0.3) is 0 Å². The molecule has 0 radical (unpaired) electrons. The third kappa shape index (κ3) is 9.31. The quantitative estimate of drug-likeness (QED) is 0.376. The fourth-order valence-electron chi connectivity index (χ4n) is 3.27. The Morgan fingerprint density at radius 3 is 2.31 bits per heavy atom. The van der Waals surface area contributed by atoms with Crippen LogP contribution in [-0.2, 0) is 11.2 Å². The lowest BCUT2D eigenvalue weighted by Gasteiger charge is -2.28. The second-order valence-corrected chi connectivity index (χ2v) is 8.22. The lowest BCUT2D eigenvalue weighted by molar-refractivity contribution is 0.131. The molecule has 5 nitrogen and oxygen atoms in total. The summed E-state index contributed by atoms with van der Waals surface area (Å²) >= 11 is 0. The van der Waals surface area contributed by atoms with Gasteiger partial charge in [-0.05, 0) is 56.4 Å². The van der Waals surface area contributed by atoms with Crippen molar-refractivity contribution in [2.75, 3.05) is 19.8 Å². The maximum Gasteiger partial charge on any atom is 0.119 e. The number of aliphatic hydroxyl groups is 1. The molecule has 2 aromatic carbocycles. The molecule has 0 amide bonds. The third-order valence-electron chi connectivity index (χ3n) is 5.05. The van der Waals surface area contributed by atoms with Crippen molar-refractivity contribution in [3.8, 4) is 11.5 Å². The molecule has 2 aromatic rings. The molecule has 0 spiro atoms. The summed E-state index contributed by atoms with van der Waals surface area (Å²) < 4.78 is 5.73. The first-order valence-corrected chi connectivity index (χ1v) is 10.4. The summed E-state index contributed by atoms with van der Waals surface area (Å²) in [4.78, 5) is 0. The van der Waals surface area contributed by atoms with Crippen LogP contribution in [0.4, 0.5) is 0 Å². The van der Waals surface area contributed by atoms with E-state index < -0.39 is 6.10 Å². The number of hydrogen-bond acceptors (Lipinski definition) is 5. The Labute approximate surface area is 174 Å². The maximum absolute atomic E-state index is 10.3. The van der Waals surface area contributed by atoms with Gasteiger partial charge in [0, 0.05) is 24.8 Å². The molecule has 0 aliphatic heterocycles. The molecule has 4 N–H and O–H groups in total. The third-order valence-corrected chi connectivity index (χ3v) is 5.05. The van der Waals surface area contributed by atoms with Gasteiger partial charge in [-0.3, -0.25) is 0 Å². The maximum atomic E-state index is 10.3. The van der Waals surface area contributed by atoms with Crippen LogP contribution in [0.5, 0.6) is 11.5 Å². The number of rotatable bonds is 13. The van der Waals surface area contributed by atoms with E-state index in [2.05, 4.69) is 43.4 Å². The monoisotopic (exact) mass is 401 g/mol. The highest BCUT2D eigenvalue weighted by atomic mass is 16.5. The van der Waals surface area contributed by atoms with E-state index in [4.69, 9.17) is 4.74 Å². The molecule has 2 rings (SSSR count). The number of benzene rings is 2. The van der Waals surface area contributed by atoms with E-state index in [1.807, 2.05) is 6.07 Å². The second-order valence-electron chi connectivity index (χ2n) is 8.22. The normalized spacial score (nSPS) is 12.8. The van der Waals surface area contributed by atoms with E-state index in [0.717, 1.165) is 45.3 Å². The lowest BCUT2D eigenvalue weighted by Crippen LogP contribution is -2.41. The molecule has 0 fully saturated rings. The Morgan fingerprint density at radius 1 is 0.931 bits per heavy atom. The Morgan fingerprint density at radius 2 is 1.62 bits per heavy atom. The molecule has 0 bridgehead atoms. The first kappa shape index (κ1) is 23.2. The molecule has 1 atom stereocenters. The summed E-state index contributed by atoms with van der Waals surface area (Å²) in [7, 11) is 0. The Hall–Kier alpha value is -2.08. The van der Waals surface area contributed by atoms with Crippen LogP contribution < -0.4 is 5.32 Å². The molecule has 29 heavy (non-hydrogen) atoms. The van der Waals surface area contributed by atoms with Crippen molar-refractivity contribution in [2.24, 2.45) is 0 Å². The first-order chi connectivity index (χ1) is 13.9. The smallest absolute Gasteiger partial charge is 0.119 e. The lowest BCUT2D eigenvalue weighted by atomic mass is 9.96. The van der Waals surface area contributed by atoms with Gasteiger partial charge < -0.3 is 25.4 Å². The summed E-state index contributed by atoms with van der Waals surface area (Å²) in [5.74, 6) is -0.103. The zero-order valence-electron chi connectivity index (χ0n) is 17.6. The number of aromatic hydroxyl groups is 2. The summed E-state index contributed by atoms with van der Waals surface area (Å²) in [6.07, 6.45) is 4.41. The summed E-state index contributed by atoms with van der Waals surface area (Å²) in [6, 6.07) is 14.6. The van der Waals surface area contributed by atoms with E-state index in [9.17, 15) is 15.3 Å². The average molecular weight is 402 g/mol. The van der Waals surface area contributed by atoms with Crippen LogP contribution in [0, 0.1) is 0 Å². The molecule has 1 unspecified atom stereocenters. The molecule has 0 aliphatic rings. The van der Waals surface area contributed by atoms with Gasteiger partial charge in [-0.2, -0.15) is 0 Å². The average Bonchev–Trinajstić information content (AvgIpc) is 2.68. The van der Waals surface area contributed by atoms with Gasteiger partial charge >= 0.3 is 0 Å². The predicted octanol–water partition coefficient (Wildman–Crippen LogP) is 4.32. The van der Waals surface area contributed by atoms with Crippen LogP contribution in [0.1, 0.15) is 56.8 Å². The molecular formula is C24H35NO4. The zero-order chi connectivity index (χ0) is 21.1. The van der Waals surface area contributed by atoms with Crippen LogP contribution in [0.25, 0.3) is 0 Å². The van der Waals surface area contributed by atoms with Gasteiger partial charge in [0.2, 0.25) is 0 Å². The molecule has 0 aromatic heterocycles. The Bertz CT molecular complexity index is 698. The van der Waals surface area contributed by atoms with Crippen LogP contribution in [0.2, 0.25) is 0 Å². The zero-order valence-corrected chi connectivity index (χ0v) is 17.6. The largest absolute Gasteiger partial charge is 0.508 e. The van der Waals surface area contributed by atoms with Crippen molar-refractivity contribution in [3.63, 3.8) is 0 Å². The number of nitrogens with one attached hydrogen (secondary N) is 1. The molecule has 0 saturated carbocycles. The number of unbranched alkanes of at least 4 members (excludes halogenated alkanes) is 2. The number of ether oxygens (including phenoxy) is 1. The SMILES string of the molecule is CC(C)(CCCCCOCCc1ccccc1)NCC(O)c1cc(O)cc(O)c1. The van der Waals surface area contributed by atoms with Gasteiger partial charge in [0.1, 0.15) is 11.5 Å². The number of phenols is 2. The highest BCUT2D eigenvalue weighted by Crippen LogP contribution is 2.25. The van der Waals surface area contributed by atoms with Gasteiger partial charge in [-0.15, -0.1) is 0 Å². The van der Waals surface area contributed by atoms with Crippen LogP contribution in [0.15, 0.2) is 48.5 Å². The molecule has 160 valence electrons. The summed E-state index contributed by atoms with van der Waals surface area (Å²) in [5.41, 5.74) is 1.70. The van der Waals surface area contributed by atoms with E-state index in [1.54, 1.807) is 0 Å².